The van der Waals surface area contributed by atoms with Crippen molar-refractivity contribution in [1.29, 1.82) is 0 Å². The summed E-state index contributed by atoms with van der Waals surface area (Å²) in [6, 6.07) is 0.284. The Balaban J connectivity index is 4.04. The summed E-state index contributed by atoms with van der Waals surface area (Å²) in [6.07, 6.45) is 0.805. The maximum absolute atomic E-state index is 11.6. The average Bonchev–Trinajstić information content (AvgIpc) is 2.19. The fraction of sp³-hybridized carbons (Fsp3) is 0.933. The van der Waals surface area contributed by atoms with Crippen molar-refractivity contribution < 1.29 is 9.53 Å². The second kappa shape index (κ2) is 8.41. The van der Waals surface area contributed by atoms with Gasteiger partial charge < -0.3 is 15.4 Å². The van der Waals surface area contributed by atoms with Crippen LogP contribution in [-0.2, 0) is 4.74 Å². The van der Waals surface area contributed by atoms with Gasteiger partial charge in [0.15, 0.2) is 0 Å². The predicted octanol–water partition coefficient (Wildman–Crippen LogP) is 3.17. The summed E-state index contributed by atoms with van der Waals surface area (Å²) < 4.78 is 5.23. The number of alkyl carbamates (subject to hydrolysis) is 1. The molecule has 2 N–H and O–H groups in total. The number of nitrogens with one attached hydrogen (secondary N) is 2. The lowest BCUT2D eigenvalue weighted by Crippen LogP contribution is -2.45. The van der Waals surface area contributed by atoms with Crippen LogP contribution in [0, 0.1) is 11.8 Å². The maximum atomic E-state index is 11.6. The molecule has 0 spiro atoms. The highest BCUT2D eigenvalue weighted by molar-refractivity contribution is 5.67. The van der Waals surface area contributed by atoms with Crippen molar-refractivity contribution in [3.8, 4) is 0 Å². The number of amides is 1. The van der Waals surface area contributed by atoms with E-state index in [0.717, 1.165) is 13.0 Å². The van der Waals surface area contributed by atoms with Crippen molar-refractivity contribution in [2.75, 3.05) is 13.1 Å². The van der Waals surface area contributed by atoms with E-state index < -0.39 is 5.60 Å². The topological polar surface area (TPSA) is 50.4 Å². The van der Waals surface area contributed by atoms with E-state index >= 15 is 0 Å². The maximum Gasteiger partial charge on any atom is 0.407 e. The number of hydrogen-bond donors (Lipinski definition) is 2. The van der Waals surface area contributed by atoms with Crippen LogP contribution in [0.5, 0.6) is 0 Å². The second-order valence-electron chi connectivity index (χ2n) is 6.87. The van der Waals surface area contributed by atoms with Gasteiger partial charge in [0.1, 0.15) is 5.60 Å². The van der Waals surface area contributed by atoms with E-state index in [1.54, 1.807) is 0 Å². The zero-order valence-corrected chi connectivity index (χ0v) is 13.7. The van der Waals surface area contributed by atoms with Gasteiger partial charge in [-0.2, -0.15) is 0 Å². The lowest BCUT2D eigenvalue weighted by atomic mass is 10.0. The molecule has 0 aromatic heterocycles. The van der Waals surface area contributed by atoms with Crippen molar-refractivity contribution in [3.63, 3.8) is 0 Å². The summed E-state index contributed by atoms with van der Waals surface area (Å²) in [5, 5.41) is 6.33. The molecule has 4 heteroatoms. The molecule has 0 fully saturated rings. The molecular formula is C15H32N2O2. The van der Waals surface area contributed by atoms with Crippen LogP contribution in [0.1, 0.15) is 54.9 Å². The molecule has 0 bridgehead atoms. The number of ether oxygens (including phenoxy) is 1. The highest BCUT2D eigenvalue weighted by atomic mass is 16.6. The summed E-state index contributed by atoms with van der Waals surface area (Å²) in [7, 11) is 0. The number of hydrogen-bond acceptors (Lipinski definition) is 3. The minimum Gasteiger partial charge on any atom is -0.444 e. The Labute approximate surface area is 118 Å². The van der Waals surface area contributed by atoms with Crippen molar-refractivity contribution in [2.24, 2.45) is 11.8 Å². The molecule has 1 atom stereocenters. The molecule has 0 aromatic carbocycles. The smallest absolute Gasteiger partial charge is 0.407 e. The molecular weight excluding hydrogens is 240 g/mol. The van der Waals surface area contributed by atoms with Gasteiger partial charge in [-0.25, -0.2) is 4.79 Å². The molecule has 0 aliphatic heterocycles. The van der Waals surface area contributed by atoms with Crippen molar-refractivity contribution in [1.82, 2.24) is 10.6 Å². The molecule has 0 radical (unpaired) electrons. The van der Waals surface area contributed by atoms with Gasteiger partial charge in [0.05, 0.1) is 0 Å². The van der Waals surface area contributed by atoms with Gasteiger partial charge in [-0.05, 0) is 45.6 Å². The summed E-state index contributed by atoms with van der Waals surface area (Å²) in [5.74, 6) is 1.17. The molecule has 0 saturated heterocycles. The Morgan fingerprint density at radius 1 is 1.16 bits per heavy atom. The number of carbonyl (C=O) groups excluding carboxylic acids is 1. The summed E-state index contributed by atoms with van der Waals surface area (Å²) >= 11 is 0. The zero-order valence-electron chi connectivity index (χ0n) is 13.7. The summed E-state index contributed by atoms with van der Waals surface area (Å²) in [4.78, 5) is 11.6. The van der Waals surface area contributed by atoms with E-state index in [1.165, 1.54) is 0 Å². The number of rotatable bonds is 7. The quantitative estimate of drug-likeness (QED) is 0.748. The van der Waals surface area contributed by atoms with Crippen LogP contribution >= 0.6 is 0 Å². The van der Waals surface area contributed by atoms with Crippen molar-refractivity contribution in [2.45, 2.75) is 66.5 Å². The van der Waals surface area contributed by atoms with E-state index in [2.05, 4.69) is 38.3 Å². The normalized spacial score (nSPS) is 13.7. The van der Waals surface area contributed by atoms with Crippen molar-refractivity contribution >= 4 is 6.09 Å². The standard InChI is InChI=1S/C15H32N2O2/c1-11(2)8-9-16-13(12(3)4)10-17-14(18)19-15(5,6)7/h11-13,16H,8-10H2,1-7H3,(H,17,18). The second-order valence-corrected chi connectivity index (χ2v) is 6.87. The third kappa shape index (κ3) is 10.8. The first-order chi connectivity index (χ1) is 8.61. The van der Waals surface area contributed by atoms with Gasteiger partial charge in [0.2, 0.25) is 0 Å². The average molecular weight is 272 g/mol. The van der Waals surface area contributed by atoms with E-state index in [9.17, 15) is 4.79 Å². The largest absolute Gasteiger partial charge is 0.444 e. The first-order valence-electron chi connectivity index (χ1n) is 7.32. The van der Waals surface area contributed by atoms with Gasteiger partial charge >= 0.3 is 6.09 Å². The fourth-order valence-corrected chi connectivity index (χ4v) is 1.61. The molecule has 114 valence electrons. The molecule has 0 heterocycles. The lowest BCUT2D eigenvalue weighted by Gasteiger charge is -2.25. The van der Waals surface area contributed by atoms with Crippen LogP contribution in [0.25, 0.3) is 0 Å². The zero-order chi connectivity index (χ0) is 15.1. The van der Waals surface area contributed by atoms with E-state index in [1.807, 2.05) is 20.8 Å². The van der Waals surface area contributed by atoms with E-state index in [0.29, 0.717) is 18.4 Å². The summed E-state index contributed by atoms with van der Waals surface area (Å²) in [5.41, 5.74) is -0.442. The Hall–Kier alpha value is -0.770. The molecule has 19 heavy (non-hydrogen) atoms. The van der Waals surface area contributed by atoms with Gasteiger partial charge in [0.25, 0.3) is 0 Å². The SMILES string of the molecule is CC(C)CCNC(CNC(=O)OC(C)(C)C)C(C)C. The molecule has 1 unspecified atom stereocenters. The molecule has 0 aliphatic rings. The highest BCUT2D eigenvalue weighted by Crippen LogP contribution is 2.07. The van der Waals surface area contributed by atoms with Crippen molar-refractivity contribution in [3.05, 3.63) is 0 Å². The Morgan fingerprint density at radius 2 is 1.74 bits per heavy atom. The minimum atomic E-state index is -0.442. The van der Waals surface area contributed by atoms with Crippen LogP contribution in [-0.4, -0.2) is 30.8 Å². The van der Waals surface area contributed by atoms with E-state index in [4.69, 9.17) is 4.74 Å². The van der Waals surface area contributed by atoms with Crippen LogP contribution in [0.2, 0.25) is 0 Å². The highest BCUT2D eigenvalue weighted by Gasteiger charge is 2.18. The monoisotopic (exact) mass is 272 g/mol. The van der Waals surface area contributed by atoms with Gasteiger partial charge in [-0.3, -0.25) is 0 Å². The lowest BCUT2D eigenvalue weighted by molar-refractivity contribution is 0.0519. The predicted molar refractivity (Wildman–Crippen MR) is 80.3 cm³/mol. The van der Waals surface area contributed by atoms with E-state index in [-0.39, 0.29) is 12.1 Å². The third-order valence-corrected chi connectivity index (χ3v) is 2.80. The molecule has 0 aromatic rings. The number of carbonyl (C=O) groups is 1. The molecule has 0 saturated carbocycles. The van der Waals surface area contributed by atoms with Gasteiger partial charge in [-0.15, -0.1) is 0 Å². The van der Waals surface area contributed by atoms with Crippen LogP contribution in [0.15, 0.2) is 0 Å². The Kier molecular flexibility index (Phi) is 8.07. The minimum absolute atomic E-state index is 0.284. The van der Waals surface area contributed by atoms with Crippen LogP contribution < -0.4 is 10.6 Å². The van der Waals surface area contributed by atoms with Crippen LogP contribution in [0.4, 0.5) is 4.79 Å². The van der Waals surface area contributed by atoms with Gasteiger partial charge in [-0.1, -0.05) is 27.7 Å². The Bertz CT molecular complexity index is 257. The molecule has 0 aliphatic carbocycles. The van der Waals surface area contributed by atoms with Crippen LogP contribution in [0.3, 0.4) is 0 Å². The van der Waals surface area contributed by atoms with Gasteiger partial charge in [0, 0.05) is 12.6 Å². The third-order valence-electron chi connectivity index (χ3n) is 2.80. The fourth-order valence-electron chi connectivity index (χ4n) is 1.61. The first kappa shape index (κ1) is 18.2. The molecule has 4 nitrogen and oxygen atoms in total. The summed E-state index contributed by atoms with van der Waals surface area (Å²) in [6.45, 7) is 15.9. The molecule has 0 rings (SSSR count). The first-order valence-corrected chi connectivity index (χ1v) is 7.32. The Morgan fingerprint density at radius 3 is 2.16 bits per heavy atom. The molecule has 1 amide bonds.